The number of hydrogen-bond donors (Lipinski definition) is 0. The molecule has 90 valence electrons. The summed E-state index contributed by atoms with van der Waals surface area (Å²) in [6.45, 7) is 4.55. The number of hydrogen-bond acceptors (Lipinski definition) is 2. The van der Waals surface area contributed by atoms with E-state index in [4.69, 9.17) is 21.1 Å². The van der Waals surface area contributed by atoms with Crippen molar-refractivity contribution in [1.82, 2.24) is 0 Å². The van der Waals surface area contributed by atoms with E-state index < -0.39 is 0 Å². The highest BCUT2D eigenvalue weighted by Crippen LogP contribution is 2.30. The lowest BCUT2D eigenvalue weighted by molar-refractivity contribution is 0.0911. The van der Waals surface area contributed by atoms with E-state index >= 15 is 0 Å². The molecule has 0 saturated heterocycles. The predicted octanol–water partition coefficient (Wildman–Crippen LogP) is 3.91. The van der Waals surface area contributed by atoms with Gasteiger partial charge in [-0.25, -0.2) is 0 Å². The molecule has 1 unspecified atom stereocenters. The first kappa shape index (κ1) is 13.8. The van der Waals surface area contributed by atoms with Crippen LogP contribution >= 0.6 is 27.5 Å². The van der Waals surface area contributed by atoms with Gasteiger partial charge < -0.3 is 9.47 Å². The summed E-state index contributed by atoms with van der Waals surface area (Å²) in [6.07, 6.45) is 0.0202. The highest BCUT2D eigenvalue weighted by molar-refractivity contribution is 9.10. The summed E-state index contributed by atoms with van der Waals surface area (Å²) in [5.74, 6) is 1.30. The van der Waals surface area contributed by atoms with Crippen LogP contribution in [0, 0.1) is 6.92 Å². The fraction of sp³-hybridized carbons (Fsp3) is 0.500. The van der Waals surface area contributed by atoms with Gasteiger partial charge in [0.05, 0.1) is 12.5 Å². The molecule has 1 aromatic carbocycles. The van der Waals surface area contributed by atoms with Crippen LogP contribution in [-0.2, 0) is 10.6 Å². The highest BCUT2D eigenvalue weighted by atomic mass is 79.9. The summed E-state index contributed by atoms with van der Waals surface area (Å²) in [4.78, 5) is 0. The van der Waals surface area contributed by atoms with Crippen LogP contribution < -0.4 is 4.74 Å². The van der Waals surface area contributed by atoms with Gasteiger partial charge in [-0.2, -0.15) is 0 Å². The van der Waals surface area contributed by atoms with Crippen LogP contribution in [0.5, 0.6) is 5.75 Å². The zero-order valence-corrected chi connectivity index (χ0v) is 12.1. The second-order valence-corrected chi connectivity index (χ2v) is 4.91. The van der Waals surface area contributed by atoms with E-state index in [9.17, 15) is 0 Å². The normalized spacial score (nSPS) is 12.6. The largest absolute Gasteiger partial charge is 0.488 e. The Kier molecular flexibility index (Phi) is 5.59. The average molecular weight is 308 g/mol. The SMILES string of the molecule is COCC(C)Oc1c(C)cc(Br)cc1CCl. The third-order valence-corrected chi connectivity index (χ3v) is 2.93. The fourth-order valence-electron chi connectivity index (χ4n) is 1.54. The summed E-state index contributed by atoms with van der Waals surface area (Å²) in [5.41, 5.74) is 2.07. The van der Waals surface area contributed by atoms with E-state index in [1.54, 1.807) is 7.11 Å². The van der Waals surface area contributed by atoms with Crippen LogP contribution in [0.4, 0.5) is 0 Å². The Morgan fingerprint density at radius 1 is 1.44 bits per heavy atom. The van der Waals surface area contributed by atoms with Crippen LogP contribution in [0.2, 0.25) is 0 Å². The van der Waals surface area contributed by atoms with Crippen LogP contribution in [0.1, 0.15) is 18.1 Å². The predicted molar refractivity (Wildman–Crippen MR) is 70.4 cm³/mol. The minimum atomic E-state index is 0.0202. The molecule has 0 fully saturated rings. The van der Waals surface area contributed by atoms with Crippen LogP contribution in [0.15, 0.2) is 16.6 Å². The van der Waals surface area contributed by atoms with Gasteiger partial charge in [0.1, 0.15) is 11.9 Å². The molecule has 0 aliphatic heterocycles. The lowest BCUT2D eigenvalue weighted by atomic mass is 10.1. The first-order chi connectivity index (χ1) is 7.58. The number of benzene rings is 1. The van der Waals surface area contributed by atoms with Crippen molar-refractivity contribution >= 4 is 27.5 Å². The van der Waals surface area contributed by atoms with Gasteiger partial charge in [0.15, 0.2) is 0 Å². The van der Waals surface area contributed by atoms with Gasteiger partial charge in [0.25, 0.3) is 0 Å². The smallest absolute Gasteiger partial charge is 0.127 e. The average Bonchev–Trinajstić information content (AvgIpc) is 2.22. The molecule has 2 nitrogen and oxygen atoms in total. The van der Waals surface area contributed by atoms with Gasteiger partial charge in [0, 0.05) is 17.1 Å². The standard InChI is InChI=1S/C12H16BrClO2/c1-8-4-11(13)5-10(6-14)12(8)16-9(2)7-15-3/h4-5,9H,6-7H2,1-3H3. The monoisotopic (exact) mass is 306 g/mol. The van der Waals surface area contributed by atoms with Gasteiger partial charge in [-0.1, -0.05) is 15.9 Å². The van der Waals surface area contributed by atoms with Crippen molar-refractivity contribution in [2.24, 2.45) is 0 Å². The van der Waals surface area contributed by atoms with Crippen LogP contribution in [-0.4, -0.2) is 19.8 Å². The Labute approximate surface area is 110 Å². The number of aryl methyl sites for hydroxylation is 1. The number of methoxy groups -OCH3 is 1. The lowest BCUT2D eigenvalue weighted by Gasteiger charge is -2.18. The van der Waals surface area contributed by atoms with Crippen molar-refractivity contribution < 1.29 is 9.47 Å². The maximum Gasteiger partial charge on any atom is 0.127 e. The summed E-state index contributed by atoms with van der Waals surface area (Å²) < 4.78 is 11.9. The van der Waals surface area contributed by atoms with Crippen molar-refractivity contribution in [3.63, 3.8) is 0 Å². The molecule has 0 radical (unpaired) electrons. The summed E-state index contributed by atoms with van der Waals surface area (Å²) in [6, 6.07) is 4.00. The number of halogens is 2. The first-order valence-corrected chi connectivity index (χ1v) is 6.41. The molecule has 4 heteroatoms. The Morgan fingerprint density at radius 3 is 2.69 bits per heavy atom. The molecule has 0 aliphatic rings. The van der Waals surface area contributed by atoms with Crippen LogP contribution in [0.3, 0.4) is 0 Å². The van der Waals surface area contributed by atoms with E-state index in [1.807, 2.05) is 26.0 Å². The molecule has 0 saturated carbocycles. The Bertz CT molecular complexity index is 355. The zero-order valence-electron chi connectivity index (χ0n) is 9.72. The van der Waals surface area contributed by atoms with Crippen molar-refractivity contribution in [1.29, 1.82) is 0 Å². The molecule has 0 amide bonds. The summed E-state index contributed by atoms with van der Waals surface area (Å²) in [7, 11) is 1.66. The maximum absolute atomic E-state index is 5.90. The van der Waals surface area contributed by atoms with E-state index in [2.05, 4.69) is 15.9 Å². The molecule has 1 aromatic rings. The van der Waals surface area contributed by atoms with Crippen LogP contribution in [0.25, 0.3) is 0 Å². The van der Waals surface area contributed by atoms with Gasteiger partial charge in [-0.05, 0) is 31.5 Å². The third-order valence-electron chi connectivity index (χ3n) is 2.18. The number of alkyl halides is 1. The van der Waals surface area contributed by atoms with Crippen molar-refractivity contribution in [3.05, 3.63) is 27.7 Å². The molecule has 0 aliphatic carbocycles. The topological polar surface area (TPSA) is 18.5 Å². The molecule has 0 spiro atoms. The quantitative estimate of drug-likeness (QED) is 0.768. The Hall–Kier alpha value is -0.250. The molecule has 0 N–H and O–H groups in total. The Morgan fingerprint density at radius 2 is 2.12 bits per heavy atom. The summed E-state index contributed by atoms with van der Waals surface area (Å²) in [5, 5.41) is 0. The molecule has 16 heavy (non-hydrogen) atoms. The maximum atomic E-state index is 5.90. The van der Waals surface area contributed by atoms with E-state index in [0.717, 1.165) is 21.3 Å². The fourth-order valence-corrected chi connectivity index (χ4v) is 2.36. The molecule has 1 atom stereocenters. The first-order valence-electron chi connectivity index (χ1n) is 5.09. The van der Waals surface area contributed by atoms with Gasteiger partial charge in [0.2, 0.25) is 0 Å². The van der Waals surface area contributed by atoms with Crippen molar-refractivity contribution in [2.75, 3.05) is 13.7 Å². The summed E-state index contributed by atoms with van der Waals surface area (Å²) >= 11 is 9.35. The number of ether oxygens (including phenoxy) is 2. The number of rotatable bonds is 5. The minimum Gasteiger partial charge on any atom is -0.488 e. The van der Waals surface area contributed by atoms with Gasteiger partial charge in [-0.3, -0.25) is 0 Å². The minimum absolute atomic E-state index is 0.0202. The van der Waals surface area contributed by atoms with Crippen molar-refractivity contribution in [3.8, 4) is 5.75 Å². The second kappa shape index (κ2) is 6.48. The third kappa shape index (κ3) is 3.65. The molecular weight excluding hydrogens is 291 g/mol. The molecule has 1 rings (SSSR count). The van der Waals surface area contributed by atoms with E-state index in [0.29, 0.717) is 12.5 Å². The highest BCUT2D eigenvalue weighted by Gasteiger charge is 2.11. The molecule has 0 bridgehead atoms. The van der Waals surface area contributed by atoms with Gasteiger partial charge >= 0.3 is 0 Å². The molecule has 0 aromatic heterocycles. The molecular formula is C12H16BrClO2. The van der Waals surface area contributed by atoms with E-state index in [-0.39, 0.29) is 6.10 Å². The van der Waals surface area contributed by atoms with Crippen molar-refractivity contribution in [2.45, 2.75) is 25.8 Å². The second-order valence-electron chi connectivity index (χ2n) is 3.73. The Balaban J connectivity index is 2.93. The van der Waals surface area contributed by atoms with Gasteiger partial charge in [-0.15, -0.1) is 11.6 Å². The van der Waals surface area contributed by atoms with E-state index in [1.165, 1.54) is 0 Å². The zero-order chi connectivity index (χ0) is 12.1. The molecule has 0 heterocycles. The lowest BCUT2D eigenvalue weighted by Crippen LogP contribution is -2.19.